The molecule has 0 aliphatic carbocycles. The summed E-state index contributed by atoms with van der Waals surface area (Å²) in [5, 5.41) is 3.45. The summed E-state index contributed by atoms with van der Waals surface area (Å²) in [6, 6.07) is 16.5. The highest BCUT2D eigenvalue weighted by molar-refractivity contribution is 5.85. The zero-order valence-corrected chi connectivity index (χ0v) is 14.3. The summed E-state index contributed by atoms with van der Waals surface area (Å²) in [7, 11) is 1.66. The molecule has 0 unspecified atom stereocenters. The van der Waals surface area contributed by atoms with Crippen molar-refractivity contribution in [1.82, 2.24) is 5.32 Å². The van der Waals surface area contributed by atoms with Crippen molar-refractivity contribution in [2.75, 3.05) is 20.3 Å². The summed E-state index contributed by atoms with van der Waals surface area (Å²) >= 11 is 0. The fraction of sp³-hybridized carbons (Fsp3) is 0.263. The van der Waals surface area contributed by atoms with Crippen molar-refractivity contribution >= 4 is 12.4 Å². The van der Waals surface area contributed by atoms with Crippen LogP contribution in [0.5, 0.6) is 11.5 Å². The van der Waals surface area contributed by atoms with Crippen LogP contribution in [-0.4, -0.2) is 20.3 Å². The van der Waals surface area contributed by atoms with E-state index in [9.17, 15) is 0 Å². The van der Waals surface area contributed by atoms with E-state index in [0.29, 0.717) is 6.61 Å². The highest BCUT2D eigenvalue weighted by Crippen LogP contribution is 2.28. The molecule has 0 atom stereocenters. The Morgan fingerprint density at radius 2 is 1.83 bits per heavy atom. The van der Waals surface area contributed by atoms with Gasteiger partial charge in [-0.15, -0.1) is 12.4 Å². The third-order valence-electron chi connectivity index (χ3n) is 3.35. The lowest BCUT2D eigenvalue weighted by Gasteiger charge is -2.11. The molecule has 2 aromatic carbocycles. The Kier molecular flexibility index (Phi) is 8.88. The minimum absolute atomic E-state index is 0. The standard InChI is InChI=1S/C19H23NO2.ClH/c1-3-13-22-18-10-9-17(14-19(18)21-2)15-20-12-11-16-7-5-4-6-8-16;/h3-10,14,20H,1,11-13,15H2,2H3;1H. The smallest absolute Gasteiger partial charge is 0.161 e. The molecule has 0 heterocycles. The minimum atomic E-state index is 0. The Balaban J connectivity index is 0.00000264. The number of benzene rings is 2. The molecule has 0 saturated carbocycles. The molecule has 0 amide bonds. The van der Waals surface area contributed by atoms with Crippen LogP contribution < -0.4 is 14.8 Å². The van der Waals surface area contributed by atoms with Gasteiger partial charge in [-0.3, -0.25) is 0 Å². The second-order valence-electron chi connectivity index (χ2n) is 5.00. The first kappa shape index (κ1) is 19.1. The van der Waals surface area contributed by atoms with E-state index in [1.54, 1.807) is 13.2 Å². The van der Waals surface area contributed by atoms with Crippen LogP contribution in [0.3, 0.4) is 0 Å². The Bertz CT molecular complexity index is 587. The van der Waals surface area contributed by atoms with E-state index in [1.165, 1.54) is 11.1 Å². The van der Waals surface area contributed by atoms with Crippen molar-refractivity contribution in [2.45, 2.75) is 13.0 Å². The van der Waals surface area contributed by atoms with Crippen LogP contribution >= 0.6 is 12.4 Å². The Hall–Kier alpha value is -1.97. The molecule has 0 spiro atoms. The summed E-state index contributed by atoms with van der Waals surface area (Å²) in [6.07, 6.45) is 2.75. The predicted molar refractivity (Wildman–Crippen MR) is 97.8 cm³/mol. The molecule has 124 valence electrons. The highest BCUT2D eigenvalue weighted by Gasteiger charge is 2.05. The summed E-state index contributed by atoms with van der Waals surface area (Å²) in [4.78, 5) is 0. The number of hydrogen-bond acceptors (Lipinski definition) is 3. The molecule has 0 aliphatic heterocycles. The van der Waals surface area contributed by atoms with Crippen LogP contribution in [0.1, 0.15) is 11.1 Å². The second-order valence-corrected chi connectivity index (χ2v) is 5.00. The van der Waals surface area contributed by atoms with Crippen molar-refractivity contribution in [3.05, 3.63) is 72.3 Å². The van der Waals surface area contributed by atoms with Gasteiger partial charge in [0.25, 0.3) is 0 Å². The molecule has 4 heteroatoms. The van der Waals surface area contributed by atoms with Crippen molar-refractivity contribution < 1.29 is 9.47 Å². The molecule has 3 nitrogen and oxygen atoms in total. The predicted octanol–water partition coefficient (Wildman–Crippen LogP) is 4.01. The van der Waals surface area contributed by atoms with Gasteiger partial charge in [0.1, 0.15) is 6.61 Å². The normalized spacial score (nSPS) is 9.78. The lowest BCUT2D eigenvalue weighted by molar-refractivity contribution is 0.326. The number of hydrogen-bond donors (Lipinski definition) is 1. The van der Waals surface area contributed by atoms with Gasteiger partial charge in [-0.1, -0.05) is 49.1 Å². The van der Waals surface area contributed by atoms with E-state index in [-0.39, 0.29) is 12.4 Å². The molecule has 0 aliphatic rings. The van der Waals surface area contributed by atoms with Gasteiger partial charge in [0, 0.05) is 6.54 Å². The minimum Gasteiger partial charge on any atom is -0.493 e. The molecule has 1 N–H and O–H groups in total. The summed E-state index contributed by atoms with van der Waals surface area (Å²) in [5.74, 6) is 1.50. The van der Waals surface area contributed by atoms with Gasteiger partial charge in [0.05, 0.1) is 7.11 Å². The number of methoxy groups -OCH3 is 1. The second kappa shape index (κ2) is 10.7. The van der Waals surface area contributed by atoms with Crippen molar-refractivity contribution in [3.63, 3.8) is 0 Å². The van der Waals surface area contributed by atoms with Crippen LogP contribution in [0.15, 0.2) is 61.2 Å². The van der Waals surface area contributed by atoms with Crippen LogP contribution in [-0.2, 0) is 13.0 Å². The highest BCUT2D eigenvalue weighted by atomic mass is 35.5. The Labute approximate surface area is 144 Å². The largest absolute Gasteiger partial charge is 0.493 e. The van der Waals surface area contributed by atoms with Gasteiger partial charge < -0.3 is 14.8 Å². The topological polar surface area (TPSA) is 30.5 Å². The zero-order valence-electron chi connectivity index (χ0n) is 13.5. The van der Waals surface area contributed by atoms with Crippen molar-refractivity contribution in [3.8, 4) is 11.5 Å². The van der Waals surface area contributed by atoms with Crippen molar-refractivity contribution in [1.29, 1.82) is 0 Å². The van der Waals surface area contributed by atoms with Gasteiger partial charge in [-0.05, 0) is 36.2 Å². The third kappa shape index (κ3) is 6.35. The van der Waals surface area contributed by atoms with Gasteiger partial charge in [-0.25, -0.2) is 0 Å². The maximum absolute atomic E-state index is 5.55. The average Bonchev–Trinajstić information content (AvgIpc) is 2.58. The molecule has 0 bridgehead atoms. The zero-order chi connectivity index (χ0) is 15.6. The van der Waals surface area contributed by atoms with E-state index in [0.717, 1.165) is 31.0 Å². The van der Waals surface area contributed by atoms with E-state index in [1.807, 2.05) is 18.2 Å². The molecule has 0 radical (unpaired) electrons. The van der Waals surface area contributed by atoms with E-state index >= 15 is 0 Å². The summed E-state index contributed by atoms with van der Waals surface area (Å²) in [6.45, 7) is 5.88. The molecule has 2 rings (SSSR count). The number of ether oxygens (including phenoxy) is 2. The molecule has 2 aromatic rings. The monoisotopic (exact) mass is 333 g/mol. The average molecular weight is 334 g/mol. The van der Waals surface area contributed by atoms with Crippen LogP contribution in [0, 0.1) is 0 Å². The number of nitrogens with one attached hydrogen (secondary N) is 1. The maximum Gasteiger partial charge on any atom is 0.161 e. The van der Waals surface area contributed by atoms with E-state index in [4.69, 9.17) is 9.47 Å². The Morgan fingerprint density at radius 3 is 2.52 bits per heavy atom. The molecule has 23 heavy (non-hydrogen) atoms. The molecule has 0 aromatic heterocycles. The van der Waals surface area contributed by atoms with Crippen molar-refractivity contribution in [2.24, 2.45) is 0 Å². The van der Waals surface area contributed by atoms with E-state index < -0.39 is 0 Å². The van der Waals surface area contributed by atoms with Gasteiger partial charge in [-0.2, -0.15) is 0 Å². The third-order valence-corrected chi connectivity index (χ3v) is 3.35. The quantitative estimate of drug-likeness (QED) is 0.555. The SMILES string of the molecule is C=CCOc1ccc(CNCCc2ccccc2)cc1OC.Cl. The van der Waals surface area contributed by atoms with Gasteiger partial charge >= 0.3 is 0 Å². The summed E-state index contributed by atoms with van der Waals surface area (Å²) in [5.41, 5.74) is 2.52. The first-order valence-electron chi connectivity index (χ1n) is 7.48. The first-order valence-corrected chi connectivity index (χ1v) is 7.48. The molecule has 0 fully saturated rings. The van der Waals surface area contributed by atoms with Crippen LogP contribution in [0.2, 0.25) is 0 Å². The number of halogens is 1. The number of rotatable bonds is 9. The maximum atomic E-state index is 5.55. The fourth-order valence-electron chi connectivity index (χ4n) is 2.20. The van der Waals surface area contributed by atoms with Crippen LogP contribution in [0.25, 0.3) is 0 Å². The summed E-state index contributed by atoms with van der Waals surface area (Å²) < 4.78 is 10.9. The fourth-order valence-corrected chi connectivity index (χ4v) is 2.20. The molecular formula is C19H24ClNO2. The lowest BCUT2D eigenvalue weighted by atomic mass is 10.1. The first-order chi connectivity index (χ1) is 10.8. The van der Waals surface area contributed by atoms with Gasteiger partial charge in [0.2, 0.25) is 0 Å². The van der Waals surface area contributed by atoms with Crippen LogP contribution in [0.4, 0.5) is 0 Å². The van der Waals surface area contributed by atoms with E-state index in [2.05, 4.69) is 42.2 Å². The van der Waals surface area contributed by atoms with Gasteiger partial charge in [0.15, 0.2) is 11.5 Å². The Morgan fingerprint density at radius 1 is 1.04 bits per heavy atom. The lowest BCUT2D eigenvalue weighted by Crippen LogP contribution is -2.16. The molecular weight excluding hydrogens is 310 g/mol. The molecule has 0 saturated heterocycles.